The van der Waals surface area contributed by atoms with Crippen molar-refractivity contribution in [3.8, 4) is 0 Å². The Balaban J connectivity index is 2.42. The predicted molar refractivity (Wildman–Crippen MR) is 93.6 cm³/mol. The highest BCUT2D eigenvalue weighted by molar-refractivity contribution is 6.33. The van der Waals surface area contributed by atoms with Gasteiger partial charge in [0.05, 0.1) is 0 Å². The number of hydrogen-bond donors (Lipinski definition) is 0. The Morgan fingerprint density at radius 2 is 1.50 bits per heavy atom. The number of hydrogen-bond acceptors (Lipinski definition) is 1. The molecule has 0 saturated carbocycles. The van der Waals surface area contributed by atoms with Crippen molar-refractivity contribution in [2.45, 2.75) is 39.1 Å². The van der Waals surface area contributed by atoms with E-state index in [1.807, 2.05) is 81.1 Å². The molecule has 1 atom stereocenters. The number of benzene rings is 2. The standard InChI is InChI=1S/C19H22ClNO/c1-13(2)21(18-14(3)9-8-10-15(18)4)19(22)17(20)16-11-6-5-7-12-16/h5-13,17H,1-4H3/t17-/m0/s1. The van der Waals surface area contributed by atoms with Crippen molar-refractivity contribution in [1.29, 1.82) is 0 Å². The van der Waals surface area contributed by atoms with Gasteiger partial charge in [-0.05, 0) is 44.4 Å². The van der Waals surface area contributed by atoms with Gasteiger partial charge in [-0.3, -0.25) is 4.79 Å². The average Bonchev–Trinajstić information content (AvgIpc) is 2.50. The van der Waals surface area contributed by atoms with Crippen LogP contribution in [-0.4, -0.2) is 11.9 Å². The van der Waals surface area contributed by atoms with E-state index in [9.17, 15) is 4.79 Å². The lowest BCUT2D eigenvalue weighted by Gasteiger charge is -2.31. The van der Waals surface area contributed by atoms with Crippen molar-refractivity contribution in [2.75, 3.05) is 4.90 Å². The molecule has 0 aromatic heterocycles. The summed E-state index contributed by atoms with van der Waals surface area (Å²) in [4.78, 5) is 14.8. The molecule has 0 aliphatic carbocycles. The molecule has 0 N–H and O–H groups in total. The Morgan fingerprint density at radius 3 is 2.00 bits per heavy atom. The van der Waals surface area contributed by atoms with E-state index in [1.54, 1.807) is 0 Å². The smallest absolute Gasteiger partial charge is 0.249 e. The van der Waals surface area contributed by atoms with Crippen LogP contribution in [0.3, 0.4) is 0 Å². The molecule has 1 amide bonds. The zero-order valence-corrected chi connectivity index (χ0v) is 14.3. The van der Waals surface area contributed by atoms with Crippen LogP contribution >= 0.6 is 11.6 Å². The second-order valence-electron chi connectivity index (χ2n) is 5.82. The molecule has 2 aromatic carbocycles. The summed E-state index contributed by atoms with van der Waals surface area (Å²) < 4.78 is 0. The normalized spacial score (nSPS) is 12.3. The second kappa shape index (κ2) is 6.97. The van der Waals surface area contributed by atoms with Crippen molar-refractivity contribution >= 4 is 23.2 Å². The van der Waals surface area contributed by atoms with Crippen molar-refractivity contribution in [2.24, 2.45) is 0 Å². The first kappa shape index (κ1) is 16.6. The summed E-state index contributed by atoms with van der Waals surface area (Å²) in [5.41, 5.74) is 3.95. The number of aryl methyl sites for hydroxylation is 2. The van der Waals surface area contributed by atoms with Crippen LogP contribution < -0.4 is 4.90 Å². The summed E-state index contributed by atoms with van der Waals surface area (Å²) in [6.45, 7) is 8.07. The van der Waals surface area contributed by atoms with Gasteiger partial charge >= 0.3 is 0 Å². The summed E-state index contributed by atoms with van der Waals surface area (Å²) in [7, 11) is 0. The third-order valence-electron chi connectivity index (χ3n) is 3.74. The zero-order chi connectivity index (χ0) is 16.3. The molecule has 0 spiro atoms. The lowest BCUT2D eigenvalue weighted by atomic mass is 10.0. The zero-order valence-electron chi connectivity index (χ0n) is 13.5. The Labute approximate surface area is 137 Å². The van der Waals surface area contributed by atoms with Gasteiger partial charge in [0.2, 0.25) is 5.91 Å². The summed E-state index contributed by atoms with van der Waals surface area (Å²) in [5, 5.41) is -0.678. The molecule has 2 aromatic rings. The first-order chi connectivity index (χ1) is 10.4. The van der Waals surface area contributed by atoms with Gasteiger partial charge in [-0.25, -0.2) is 0 Å². The lowest BCUT2D eigenvalue weighted by Crippen LogP contribution is -2.40. The van der Waals surface area contributed by atoms with Crippen LogP contribution in [0.15, 0.2) is 48.5 Å². The lowest BCUT2D eigenvalue weighted by molar-refractivity contribution is -0.118. The van der Waals surface area contributed by atoms with E-state index in [1.165, 1.54) is 0 Å². The van der Waals surface area contributed by atoms with Gasteiger partial charge in [-0.1, -0.05) is 48.5 Å². The number of alkyl halides is 1. The summed E-state index contributed by atoms with van der Waals surface area (Å²) in [6, 6.07) is 15.6. The number of carbonyl (C=O) groups is 1. The van der Waals surface area contributed by atoms with Gasteiger partial charge in [-0.2, -0.15) is 0 Å². The molecule has 0 saturated heterocycles. The number of carbonyl (C=O) groups excluding carboxylic acids is 1. The first-order valence-electron chi connectivity index (χ1n) is 7.51. The molecule has 3 heteroatoms. The minimum absolute atomic E-state index is 0.0391. The number of para-hydroxylation sites is 1. The van der Waals surface area contributed by atoms with Crippen LogP contribution in [0, 0.1) is 13.8 Å². The number of rotatable bonds is 4. The molecular formula is C19H22ClNO. The van der Waals surface area contributed by atoms with Gasteiger partial charge in [0, 0.05) is 11.7 Å². The summed E-state index contributed by atoms with van der Waals surface area (Å²) >= 11 is 6.46. The first-order valence-corrected chi connectivity index (χ1v) is 7.95. The third kappa shape index (κ3) is 3.33. The van der Waals surface area contributed by atoms with E-state index in [0.29, 0.717) is 0 Å². The van der Waals surface area contributed by atoms with Gasteiger partial charge in [0.15, 0.2) is 0 Å². The number of anilines is 1. The van der Waals surface area contributed by atoms with Gasteiger partial charge in [0.1, 0.15) is 5.38 Å². The van der Waals surface area contributed by atoms with E-state index in [0.717, 1.165) is 22.4 Å². The monoisotopic (exact) mass is 315 g/mol. The van der Waals surface area contributed by atoms with E-state index in [-0.39, 0.29) is 11.9 Å². The summed E-state index contributed by atoms with van der Waals surface area (Å²) in [6.07, 6.45) is 0. The van der Waals surface area contributed by atoms with E-state index in [2.05, 4.69) is 0 Å². The second-order valence-corrected chi connectivity index (χ2v) is 6.25. The highest BCUT2D eigenvalue weighted by Gasteiger charge is 2.28. The Morgan fingerprint density at radius 1 is 0.955 bits per heavy atom. The maximum absolute atomic E-state index is 13.0. The fourth-order valence-corrected chi connectivity index (χ4v) is 2.95. The molecule has 0 radical (unpaired) electrons. The van der Waals surface area contributed by atoms with Crippen molar-refractivity contribution in [1.82, 2.24) is 0 Å². The predicted octanol–water partition coefficient (Wildman–Crippen LogP) is 5.02. The van der Waals surface area contributed by atoms with Crippen LogP contribution in [0.2, 0.25) is 0 Å². The minimum Gasteiger partial charge on any atom is -0.308 e. The van der Waals surface area contributed by atoms with Crippen LogP contribution in [0.1, 0.15) is 35.9 Å². The SMILES string of the molecule is Cc1cccc(C)c1N(C(=O)[C@@H](Cl)c1ccccc1)C(C)C. The molecule has 0 unspecified atom stereocenters. The molecule has 0 bridgehead atoms. The quantitative estimate of drug-likeness (QED) is 0.725. The molecular weight excluding hydrogens is 294 g/mol. The van der Waals surface area contributed by atoms with Crippen LogP contribution in [0.4, 0.5) is 5.69 Å². The van der Waals surface area contributed by atoms with Crippen molar-refractivity contribution < 1.29 is 4.79 Å². The fraction of sp³-hybridized carbons (Fsp3) is 0.316. The summed E-state index contributed by atoms with van der Waals surface area (Å²) in [5.74, 6) is -0.0831. The van der Waals surface area contributed by atoms with Crippen molar-refractivity contribution in [3.05, 3.63) is 65.2 Å². The molecule has 2 rings (SSSR count). The molecule has 0 heterocycles. The topological polar surface area (TPSA) is 20.3 Å². The van der Waals surface area contributed by atoms with E-state index in [4.69, 9.17) is 11.6 Å². The Kier molecular flexibility index (Phi) is 5.25. The number of nitrogens with zero attached hydrogens (tertiary/aromatic N) is 1. The Hall–Kier alpha value is -1.80. The van der Waals surface area contributed by atoms with Crippen LogP contribution in [0.5, 0.6) is 0 Å². The number of amides is 1. The maximum Gasteiger partial charge on any atom is 0.249 e. The molecule has 116 valence electrons. The van der Waals surface area contributed by atoms with Crippen molar-refractivity contribution in [3.63, 3.8) is 0 Å². The van der Waals surface area contributed by atoms with Gasteiger partial charge in [-0.15, -0.1) is 11.6 Å². The molecule has 0 fully saturated rings. The van der Waals surface area contributed by atoms with Crippen LogP contribution in [-0.2, 0) is 4.79 Å². The highest BCUT2D eigenvalue weighted by Crippen LogP contribution is 2.31. The molecule has 22 heavy (non-hydrogen) atoms. The van der Waals surface area contributed by atoms with Gasteiger partial charge in [0.25, 0.3) is 0 Å². The minimum atomic E-state index is -0.678. The molecule has 0 aliphatic heterocycles. The average molecular weight is 316 g/mol. The van der Waals surface area contributed by atoms with Gasteiger partial charge < -0.3 is 4.90 Å². The maximum atomic E-state index is 13.0. The Bertz CT molecular complexity index is 631. The number of halogens is 1. The molecule has 2 nitrogen and oxygen atoms in total. The third-order valence-corrected chi connectivity index (χ3v) is 4.18. The molecule has 0 aliphatic rings. The van der Waals surface area contributed by atoms with Crippen LogP contribution in [0.25, 0.3) is 0 Å². The fourth-order valence-electron chi connectivity index (χ4n) is 2.70. The highest BCUT2D eigenvalue weighted by atomic mass is 35.5. The van der Waals surface area contributed by atoms with E-state index < -0.39 is 5.38 Å². The van der Waals surface area contributed by atoms with E-state index >= 15 is 0 Å². The largest absolute Gasteiger partial charge is 0.308 e.